The molecule has 0 heterocycles. The smallest absolute Gasteiger partial charge is 0.323 e. The Hall–Kier alpha value is -1.59. The number of carbonyl (C=O) groups excluding carboxylic acids is 2. The fourth-order valence-electron chi connectivity index (χ4n) is 1.79. The lowest BCUT2D eigenvalue weighted by Crippen LogP contribution is -2.40. The van der Waals surface area contributed by atoms with Crippen molar-refractivity contribution in [1.29, 1.82) is 0 Å². The molecule has 0 saturated heterocycles. The molecule has 6 nitrogen and oxygen atoms in total. The van der Waals surface area contributed by atoms with Crippen molar-refractivity contribution in [2.45, 2.75) is 45.6 Å². The van der Waals surface area contributed by atoms with Crippen LogP contribution in [0.2, 0.25) is 0 Å². The molecule has 1 aliphatic carbocycles. The van der Waals surface area contributed by atoms with Crippen LogP contribution in [0.4, 0.5) is 0 Å². The van der Waals surface area contributed by atoms with Crippen LogP contribution in [0.25, 0.3) is 0 Å². The fourth-order valence-corrected chi connectivity index (χ4v) is 1.79. The molecule has 0 bridgehead atoms. The van der Waals surface area contributed by atoms with Gasteiger partial charge in [0.25, 0.3) is 0 Å². The summed E-state index contributed by atoms with van der Waals surface area (Å²) >= 11 is 0. The van der Waals surface area contributed by atoms with E-state index in [-0.39, 0.29) is 36.7 Å². The lowest BCUT2D eigenvalue weighted by Gasteiger charge is -2.24. The van der Waals surface area contributed by atoms with E-state index in [2.05, 4.69) is 5.32 Å². The zero-order valence-corrected chi connectivity index (χ0v) is 11.5. The molecule has 1 rings (SSSR count). The van der Waals surface area contributed by atoms with Crippen LogP contribution in [0.5, 0.6) is 0 Å². The number of carboxylic acid groups (broad SMARTS) is 1. The molecule has 6 heteroatoms. The number of aliphatic carboxylic acids is 1. The molecule has 0 atom stereocenters. The van der Waals surface area contributed by atoms with Gasteiger partial charge in [-0.05, 0) is 33.1 Å². The van der Waals surface area contributed by atoms with Crippen LogP contribution >= 0.6 is 0 Å². The number of rotatable bonds is 8. The van der Waals surface area contributed by atoms with E-state index >= 15 is 0 Å². The van der Waals surface area contributed by atoms with Crippen molar-refractivity contribution >= 4 is 17.8 Å². The Labute approximate surface area is 113 Å². The van der Waals surface area contributed by atoms with Crippen molar-refractivity contribution in [2.75, 3.05) is 13.1 Å². The van der Waals surface area contributed by atoms with E-state index in [1.165, 1.54) is 4.90 Å². The second kappa shape index (κ2) is 7.11. The normalized spacial score (nSPS) is 14.3. The van der Waals surface area contributed by atoms with Crippen molar-refractivity contribution in [3.63, 3.8) is 0 Å². The lowest BCUT2D eigenvalue weighted by atomic mass is 10.2. The van der Waals surface area contributed by atoms with Gasteiger partial charge in [-0.25, -0.2) is 0 Å². The highest BCUT2D eigenvalue weighted by Gasteiger charge is 2.29. The van der Waals surface area contributed by atoms with Gasteiger partial charge in [0.05, 0.1) is 0 Å². The van der Waals surface area contributed by atoms with Gasteiger partial charge >= 0.3 is 5.97 Å². The third-order valence-electron chi connectivity index (χ3n) is 3.06. The standard InChI is InChI=1S/C13H22N2O4/c1-9(2)15(8-12(17)18)11(16)4-3-7-14-13(19)10-5-6-10/h9-10H,3-8H2,1-2H3,(H,14,19)(H,17,18). The first-order valence-corrected chi connectivity index (χ1v) is 6.70. The average Bonchev–Trinajstić information content (AvgIpc) is 3.14. The topological polar surface area (TPSA) is 86.7 Å². The number of hydrogen-bond donors (Lipinski definition) is 2. The second-order valence-electron chi connectivity index (χ2n) is 5.18. The highest BCUT2D eigenvalue weighted by molar-refractivity contribution is 5.82. The van der Waals surface area contributed by atoms with Gasteiger partial charge in [-0.1, -0.05) is 0 Å². The van der Waals surface area contributed by atoms with Crippen LogP contribution < -0.4 is 5.32 Å². The maximum absolute atomic E-state index is 11.9. The van der Waals surface area contributed by atoms with Crippen molar-refractivity contribution in [3.05, 3.63) is 0 Å². The van der Waals surface area contributed by atoms with Crippen molar-refractivity contribution in [1.82, 2.24) is 10.2 Å². The molecule has 0 aromatic carbocycles. The van der Waals surface area contributed by atoms with Crippen LogP contribution in [0.1, 0.15) is 39.5 Å². The van der Waals surface area contributed by atoms with Crippen molar-refractivity contribution in [2.24, 2.45) is 5.92 Å². The van der Waals surface area contributed by atoms with Gasteiger partial charge in [0, 0.05) is 24.9 Å². The fraction of sp³-hybridized carbons (Fsp3) is 0.769. The molecule has 1 aliphatic rings. The predicted octanol–water partition coefficient (Wildman–Crippen LogP) is 0.614. The summed E-state index contributed by atoms with van der Waals surface area (Å²) in [6.07, 6.45) is 2.73. The number of carbonyl (C=O) groups is 3. The maximum Gasteiger partial charge on any atom is 0.323 e. The Kier molecular flexibility index (Phi) is 5.79. The largest absolute Gasteiger partial charge is 0.480 e. The number of nitrogens with zero attached hydrogens (tertiary/aromatic N) is 1. The second-order valence-corrected chi connectivity index (χ2v) is 5.18. The molecule has 0 aromatic rings. The van der Waals surface area contributed by atoms with Crippen LogP contribution in [0.3, 0.4) is 0 Å². The molecular weight excluding hydrogens is 248 g/mol. The van der Waals surface area contributed by atoms with Gasteiger partial charge in [-0.2, -0.15) is 0 Å². The van der Waals surface area contributed by atoms with E-state index in [0.717, 1.165) is 12.8 Å². The molecule has 1 fully saturated rings. The molecule has 19 heavy (non-hydrogen) atoms. The molecule has 1 saturated carbocycles. The van der Waals surface area contributed by atoms with Crippen LogP contribution in [-0.4, -0.2) is 46.9 Å². The predicted molar refractivity (Wildman–Crippen MR) is 69.5 cm³/mol. The molecule has 0 unspecified atom stereocenters. The summed E-state index contributed by atoms with van der Waals surface area (Å²) in [4.78, 5) is 35.2. The number of carboxylic acids is 1. The Balaban J connectivity index is 2.23. The minimum absolute atomic E-state index is 0.0682. The number of nitrogens with one attached hydrogen (secondary N) is 1. The first-order chi connectivity index (χ1) is 8.91. The van der Waals surface area contributed by atoms with Crippen LogP contribution in [0, 0.1) is 5.92 Å². The SMILES string of the molecule is CC(C)N(CC(=O)O)C(=O)CCCNC(=O)C1CC1. The zero-order valence-electron chi connectivity index (χ0n) is 11.5. The number of amides is 2. The summed E-state index contributed by atoms with van der Waals surface area (Å²) in [7, 11) is 0. The first-order valence-electron chi connectivity index (χ1n) is 6.70. The first kappa shape index (κ1) is 15.5. The average molecular weight is 270 g/mol. The Morgan fingerprint density at radius 2 is 1.95 bits per heavy atom. The Morgan fingerprint density at radius 3 is 2.42 bits per heavy atom. The molecule has 2 amide bonds. The molecule has 0 spiro atoms. The molecule has 0 aromatic heterocycles. The summed E-state index contributed by atoms with van der Waals surface area (Å²) < 4.78 is 0. The monoisotopic (exact) mass is 270 g/mol. The summed E-state index contributed by atoms with van der Waals surface area (Å²) in [5, 5.41) is 11.5. The summed E-state index contributed by atoms with van der Waals surface area (Å²) in [6.45, 7) is 3.77. The van der Waals surface area contributed by atoms with E-state index in [1.54, 1.807) is 13.8 Å². The molecule has 108 valence electrons. The van der Waals surface area contributed by atoms with Gasteiger partial charge in [0.2, 0.25) is 11.8 Å². The van der Waals surface area contributed by atoms with Gasteiger partial charge in [0.1, 0.15) is 6.54 Å². The molecule has 2 N–H and O–H groups in total. The van der Waals surface area contributed by atoms with E-state index in [9.17, 15) is 14.4 Å². The zero-order chi connectivity index (χ0) is 14.4. The molecule has 0 radical (unpaired) electrons. The minimum Gasteiger partial charge on any atom is -0.480 e. The van der Waals surface area contributed by atoms with Crippen LogP contribution in [-0.2, 0) is 14.4 Å². The van der Waals surface area contributed by atoms with E-state index in [4.69, 9.17) is 5.11 Å². The van der Waals surface area contributed by atoms with Gasteiger partial charge < -0.3 is 15.3 Å². The van der Waals surface area contributed by atoms with E-state index < -0.39 is 5.97 Å². The van der Waals surface area contributed by atoms with Gasteiger partial charge in [-0.15, -0.1) is 0 Å². The highest BCUT2D eigenvalue weighted by Crippen LogP contribution is 2.28. The maximum atomic E-state index is 11.9. The van der Waals surface area contributed by atoms with Gasteiger partial charge in [0.15, 0.2) is 0 Å². The van der Waals surface area contributed by atoms with Crippen molar-refractivity contribution in [3.8, 4) is 0 Å². The summed E-state index contributed by atoms with van der Waals surface area (Å²) in [5.74, 6) is -0.948. The van der Waals surface area contributed by atoms with E-state index in [1.807, 2.05) is 0 Å². The summed E-state index contributed by atoms with van der Waals surface area (Å²) in [5.41, 5.74) is 0. The Morgan fingerprint density at radius 1 is 1.32 bits per heavy atom. The third kappa shape index (κ3) is 5.72. The molecular formula is C13H22N2O4. The minimum atomic E-state index is -1.01. The highest BCUT2D eigenvalue weighted by atomic mass is 16.4. The van der Waals surface area contributed by atoms with Crippen molar-refractivity contribution < 1.29 is 19.5 Å². The lowest BCUT2D eigenvalue weighted by molar-refractivity contribution is -0.145. The van der Waals surface area contributed by atoms with Crippen LogP contribution in [0.15, 0.2) is 0 Å². The van der Waals surface area contributed by atoms with E-state index in [0.29, 0.717) is 13.0 Å². The molecule has 0 aliphatic heterocycles. The number of hydrogen-bond acceptors (Lipinski definition) is 3. The third-order valence-corrected chi connectivity index (χ3v) is 3.06. The summed E-state index contributed by atoms with van der Waals surface area (Å²) in [6, 6.07) is -0.135. The van der Waals surface area contributed by atoms with Gasteiger partial charge in [-0.3, -0.25) is 14.4 Å². The Bertz CT molecular complexity index is 351. The quantitative estimate of drug-likeness (QED) is 0.633.